The molecule has 0 amide bonds. The molecule has 0 aromatic heterocycles. The van der Waals surface area contributed by atoms with Gasteiger partial charge in [0.2, 0.25) is 0 Å². The Hall–Kier alpha value is -3.90. The predicted octanol–water partition coefficient (Wildman–Crippen LogP) is 9.92. The quantitative estimate of drug-likeness (QED) is 0.320. The third kappa shape index (κ3) is 8.22. The molecule has 0 aliphatic heterocycles. The number of hydrogen-bond donors (Lipinski definition) is 0. The van der Waals surface area contributed by atoms with Gasteiger partial charge in [-0.15, -0.1) is 0 Å². The van der Waals surface area contributed by atoms with E-state index in [1.54, 1.807) is 6.08 Å². The molecule has 0 saturated carbocycles. The van der Waals surface area contributed by atoms with Crippen LogP contribution in [-0.2, 0) is 0 Å². The van der Waals surface area contributed by atoms with Gasteiger partial charge in [-0.3, -0.25) is 0 Å². The fourth-order valence-corrected chi connectivity index (χ4v) is 3.24. The highest BCUT2D eigenvalue weighted by atomic mass is 14.1. The van der Waals surface area contributed by atoms with E-state index in [2.05, 4.69) is 101 Å². The van der Waals surface area contributed by atoms with Crippen molar-refractivity contribution in [2.75, 3.05) is 0 Å². The lowest BCUT2D eigenvalue weighted by molar-refractivity contribution is 1.42. The topological polar surface area (TPSA) is 0 Å². The first kappa shape index (κ1) is 26.4. The highest BCUT2D eigenvalue weighted by molar-refractivity contribution is 5.80. The van der Waals surface area contributed by atoms with E-state index in [1.165, 1.54) is 16.7 Å². The summed E-state index contributed by atoms with van der Waals surface area (Å²) in [6.07, 6.45) is 20.1. The van der Waals surface area contributed by atoms with Gasteiger partial charge >= 0.3 is 0 Å². The van der Waals surface area contributed by atoms with E-state index in [0.717, 1.165) is 33.4 Å². The average Bonchev–Trinajstić information content (AvgIpc) is 2.84. The van der Waals surface area contributed by atoms with Crippen LogP contribution in [0, 0.1) is 6.92 Å². The van der Waals surface area contributed by atoms with Crippen LogP contribution in [0.2, 0.25) is 0 Å². The summed E-state index contributed by atoms with van der Waals surface area (Å²) in [4.78, 5) is 0. The maximum atomic E-state index is 4.31. The van der Waals surface area contributed by atoms with Crippen molar-refractivity contribution in [1.29, 1.82) is 0 Å². The average molecular weight is 445 g/mol. The fourth-order valence-electron chi connectivity index (χ4n) is 3.24. The van der Waals surface area contributed by atoms with Crippen molar-refractivity contribution in [1.82, 2.24) is 0 Å². The molecule has 2 rings (SSSR count). The van der Waals surface area contributed by atoms with Crippen molar-refractivity contribution < 1.29 is 0 Å². The van der Waals surface area contributed by atoms with Gasteiger partial charge in [-0.2, -0.15) is 0 Å². The van der Waals surface area contributed by atoms with Gasteiger partial charge in [0.15, 0.2) is 0 Å². The zero-order chi connectivity index (χ0) is 24.9. The van der Waals surface area contributed by atoms with E-state index in [4.69, 9.17) is 0 Å². The highest BCUT2D eigenvalue weighted by Gasteiger charge is 2.05. The third-order valence-corrected chi connectivity index (χ3v) is 5.51. The van der Waals surface area contributed by atoms with Gasteiger partial charge in [0.25, 0.3) is 0 Å². The van der Waals surface area contributed by atoms with Gasteiger partial charge in [0.05, 0.1) is 0 Å². The summed E-state index contributed by atoms with van der Waals surface area (Å²) in [5, 5.41) is 0. The lowest BCUT2D eigenvalue weighted by Gasteiger charge is -2.10. The van der Waals surface area contributed by atoms with Crippen LogP contribution in [0.1, 0.15) is 31.9 Å². The minimum Gasteiger partial charge on any atom is -0.0991 e. The van der Waals surface area contributed by atoms with E-state index in [1.807, 2.05) is 49.5 Å². The van der Waals surface area contributed by atoms with Crippen LogP contribution >= 0.6 is 0 Å². The molecule has 0 radical (unpaired) electrons. The molecule has 0 unspecified atom stereocenters. The molecule has 0 spiro atoms. The first-order chi connectivity index (χ1) is 16.3. The number of aryl methyl sites for hydroxylation is 1. The summed E-state index contributed by atoms with van der Waals surface area (Å²) in [6.45, 7) is 20.5. The van der Waals surface area contributed by atoms with E-state index in [0.29, 0.717) is 0 Å². The Morgan fingerprint density at radius 3 is 1.91 bits per heavy atom. The van der Waals surface area contributed by atoms with Crippen LogP contribution in [-0.4, -0.2) is 0 Å². The standard InChI is InChI=1S/C34H36/c1-8-10-12-14-27(4)29(6)24-34(25-30(7)28(5)15-13-11-9-2)33-22-20-32(21-23-33)31-18-16-26(3)17-19-31/h8-25H,1,5-6H2,2-4,7H3/b11-9-,12-10-,15-13-,27-14+,30-25+,34-24+. The Kier molecular flexibility index (Phi) is 10.5. The van der Waals surface area contributed by atoms with Crippen LogP contribution < -0.4 is 0 Å². The summed E-state index contributed by atoms with van der Waals surface area (Å²) >= 11 is 0. The zero-order valence-corrected chi connectivity index (χ0v) is 21.0. The van der Waals surface area contributed by atoms with Crippen molar-refractivity contribution in [2.45, 2.75) is 27.7 Å². The molecule has 0 N–H and O–H groups in total. The number of allylic oxidation sites excluding steroid dienone is 15. The first-order valence-corrected chi connectivity index (χ1v) is 11.6. The third-order valence-electron chi connectivity index (χ3n) is 5.51. The van der Waals surface area contributed by atoms with Crippen molar-refractivity contribution in [3.63, 3.8) is 0 Å². The molecule has 0 bridgehead atoms. The van der Waals surface area contributed by atoms with Gasteiger partial charge in [0, 0.05) is 0 Å². The second-order valence-corrected chi connectivity index (χ2v) is 8.28. The Labute approximate surface area is 206 Å². The molecule has 0 aliphatic rings. The van der Waals surface area contributed by atoms with E-state index < -0.39 is 0 Å². The Balaban J connectivity index is 2.46. The monoisotopic (exact) mass is 444 g/mol. The molecule has 2 aromatic rings. The number of hydrogen-bond acceptors (Lipinski definition) is 0. The van der Waals surface area contributed by atoms with Crippen LogP contribution in [0.4, 0.5) is 0 Å². The van der Waals surface area contributed by atoms with Crippen LogP contribution in [0.3, 0.4) is 0 Å². The second-order valence-electron chi connectivity index (χ2n) is 8.28. The van der Waals surface area contributed by atoms with Crippen molar-refractivity contribution in [3.05, 3.63) is 162 Å². The minimum absolute atomic E-state index is 0.963. The molecular formula is C34H36. The SMILES string of the molecule is C=C/C=C\C=C(/C)C(=C)/C=C(\C=C(/C)C(=C)/C=C\C=C/C)c1ccc(-c2ccc(C)cc2)cc1. The van der Waals surface area contributed by atoms with Crippen LogP contribution in [0.25, 0.3) is 16.7 Å². The highest BCUT2D eigenvalue weighted by Crippen LogP contribution is 2.27. The Morgan fingerprint density at radius 1 is 0.706 bits per heavy atom. The first-order valence-electron chi connectivity index (χ1n) is 11.6. The lowest BCUT2D eigenvalue weighted by Crippen LogP contribution is -1.89. The maximum Gasteiger partial charge on any atom is -0.0175 e. The van der Waals surface area contributed by atoms with Crippen molar-refractivity contribution in [2.24, 2.45) is 0 Å². The van der Waals surface area contributed by atoms with Crippen LogP contribution in [0.15, 0.2) is 151 Å². The number of benzene rings is 2. The molecular weight excluding hydrogens is 408 g/mol. The molecule has 0 fully saturated rings. The normalized spacial score (nSPS) is 13.2. The molecule has 0 atom stereocenters. The number of rotatable bonds is 10. The molecule has 0 heteroatoms. The smallest absolute Gasteiger partial charge is 0.0175 e. The van der Waals surface area contributed by atoms with Gasteiger partial charge < -0.3 is 0 Å². The molecule has 0 aliphatic carbocycles. The predicted molar refractivity (Wildman–Crippen MR) is 154 cm³/mol. The molecule has 172 valence electrons. The molecule has 0 nitrogen and oxygen atoms in total. The summed E-state index contributed by atoms with van der Waals surface area (Å²) < 4.78 is 0. The molecule has 2 aromatic carbocycles. The fraction of sp³-hybridized carbons (Fsp3) is 0.118. The maximum absolute atomic E-state index is 4.31. The zero-order valence-electron chi connectivity index (χ0n) is 21.0. The molecule has 0 heterocycles. The van der Waals surface area contributed by atoms with E-state index in [9.17, 15) is 0 Å². The van der Waals surface area contributed by atoms with Gasteiger partial charge in [-0.25, -0.2) is 0 Å². The Bertz CT molecular complexity index is 1180. The lowest BCUT2D eigenvalue weighted by atomic mass is 9.95. The summed E-state index contributed by atoms with van der Waals surface area (Å²) in [5.74, 6) is 0. The van der Waals surface area contributed by atoms with Crippen molar-refractivity contribution in [3.8, 4) is 11.1 Å². The summed E-state index contributed by atoms with van der Waals surface area (Å²) in [7, 11) is 0. The molecule has 0 saturated heterocycles. The largest absolute Gasteiger partial charge is 0.0991 e. The van der Waals surface area contributed by atoms with E-state index >= 15 is 0 Å². The van der Waals surface area contributed by atoms with E-state index in [-0.39, 0.29) is 0 Å². The minimum atomic E-state index is 0.963. The van der Waals surface area contributed by atoms with Gasteiger partial charge in [-0.1, -0.05) is 129 Å². The summed E-state index contributed by atoms with van der Waals surface area (Å²) in [6, 6.07) is 17.3. The Morgan fingerprint density at radius 2 is 1.32 bits per heavy atom. The van der Waals surface area contributed by atoms with Crippen LogP contribution in [0.5, 0.6) is 0 Å². The van der Waals surface area contributed by atoms with Crippen molar-refractivity contribution >= 4 is 5.57 Å². The second kappa shape index (κ2) is 13.6. The van der Waals surface area contributed by atoms with Gasteiger partial charge in [-0.05, 0) is 78.3 Å². The summed E-state index contributed by atoms with van der Waals surface area (Å²) in [5.41, 5.74) is 10.1. The van der Waals surface area contributed by atoms with Gasteiger partial charge in [0.1, 0.15) is 0 Å². The molecule has 34 heavy (non-hydrogen) atoms.